The van der Waals surface area contributed by atoms with Crippen LogP contribution in [-0.2, 0) is 11.8 Å². The number of hydrogen-bond donors (Lipinski definition) is 2. The molecule has 1 aromatic rings. The molecule has 5 heteroatoms. The molecule has 1 rings (SSSR count). The number of aryl methyl sites for hydroxylation is 1. The maximum absolute atomic E-state index is 10.4. The molecule has 0 saturated heterocycles. The van der Waals surface area contributed by atoms with Gasteiger partial charge in [-0.05, 0) is 6.42 Å². The molecule has 0 aliphatic heterocycles. The lowest BCUT2D eigenvalue weighted by atomic mass is 10.2. The maximum atomic E-state index is 10.4. The zero-order valence-electron chi connectivity index (χ0n) is 7.47. The Morgan fingerprint density at radius 1 is 1.85 bits per heavy atom. The fraction of sp³-hybridized carbons (Fsp3) is 0.500. The number of primary amides is 1. The van der Waals surface area contributed by atoms with Crippen LogP contribution in [0, 0.1) is 0 Å². The Balaban J connectivity index is 2.53. The van der Waals surface area contributed by atoms with Gasteiger partial charge in [0.25, 0.3) is 0 Å². The number of amides is 1. The number of aliphatic hydroxyl groups excluding tert-OH is 1. The molecule has 1 heterocycles. The summed E-state index contributed by atoms with van der Waals surface area (Å²) in [6.07, 6.45) is 3.12. The summed E-state index contributed by atoms with van der Waals surface area (Å²) >= 11 is 0. The molecule has 1 aromatic heterocycles. The smallest absolute Gasteiger partial charge is 0.217 e. The SMILES string of the molecule is Cn1ccnc1C(O)CCC(N)=O. The minimum absolute atomic E-state index is 0.175. The zero-order chi connectivity index (χ0) is 9.84. The minimum atomic E-state index is -0.715. The summed E-state index contributed by atoms with van der Waals surface area (Å²) in [5.74, 6) is 0.148. The van der Waals surface area contributed by atoms with Gasteiger partial charge in [-0.3, -0.25) is 4.79 Å². The Labute approximate surface area is 76.2 Å². The first-order chi connectivity index (χ1) is 6.11. The Kier molecular flexibility index (Phi) is 3.02. The summed E-state index contributed by atoms with van der Waals surface area (Å²) in [4.78, 5) is 14.4. The molecule has 72 valence electrons. The van der Waals surface area contributed by atoms with Crippen molar-refractivity contribution in [1.82, 2.24) is 9.55 Å². The van der Waals surface area contributed by atoms with Crippen molar-refractivity contribution in [2.45, 2.75) is 18.9 Å². The van der Waals surface area contributed by atoms with E-state index in [4.69, 9.17) is 5.73 Å². The van der Waals surface area contributed by atoms with Crippen LogP contribution in [0.1, 0.15) is 24.8 Å². The van der Waals surface area contributed by atoms with Gasteiger partial charge in [0.05, 0.1) is 0 Å². The third-order valence-electron chi connectivity index (χ3n) is 1.82. The van der Waals surface area contributed by atoms with E-state index in [0.717, 1.165) is 0 Å². The first-order valence-corrected chi connectivity index (χ1v) is 4.05. The van der Waals surface area contributed by atoms with Crippen molar-refractivity contribution in [1.29, 1.82) is 0 Å². The van der Waals surface area contributed by atoms with E-state index < -0.39 is 12.0 Å². The van der Waals surface area contributed by atoms with Gasteiger partial charge in [0.1, 0.15) is 11.9 Å². The minimum Gasteiger partial charge on any atom is -0.385 e. The van der Waals surface area contributed by atoms with Crippen LogP contribution in [0.3, 0.4) is 0 Å². The van der Waals surface area contributed by atoms with Crippen molar-refractivity contribution < 1.29 is 9.90 Å². The van der Waals surface area contributed by atoms with Crippen molar-refractivity contribution in [3.8, 4) is 0 Å². The molecule has 3 N–H and O–H groups in total. The number of nitrogens with zero attached hydrogens (tertiary/aromatic N) is 2. The highest BCUT2D eigenvalue weighted by Crippen LogP contribution is 2.14. The first-order valence-electron chi connectivity index (χ1n) is 4.05. The number of carbonyl (C=O) groups excluding carboxylic acids is 1. The zero-order valence-corrected chi connectivity index (χ0v) is 7.47. The van der Waals surface area contributed by atoms with Crippen molar-refractivity contribution in [3.63, 3.8) is 0 Å². The summed E-state index contributed by atoms with van der Waals surface area (Å²) in [6, 6.07) is 0. The predicted octanol–water partition coefficient (Wildman–Crippen LogP) is -0.281. The van der Waals surface area contributed by atoms with Crippen LogP contribution in [0.4, 0.5) is 0 Å². The summed E-state index contributed by atoms with van der Waals surface area (Å²) < 4.78 is 1.71. The van der Waals surface area contributed by atoms with Gasteiger partial charge in [0.2, 0.25) is 5.91 Å². The second-order valence-electron chi connectivity index (χ2n) is 2.92. The van der Waals surface area contributed by atoms with Crippen molar-refractivity contribution in [3.05, 3.63) is 18.2 Å². The average Bonchev–Trinajstić information content (AvgIpc) is 2.47. The van der Waals surface area contributed by atoms with Crippen LogP contribution in [-0.4, -0.2) is 20.6 Å². The molecule has 0 radical (unpaired) electrons. The second kappa shape index (κ2) is 4.04. The van der Waals surface area contributed by atoms with Crippen LogP contribution in [0.25, 0.3) is 0 Å². The molecule has 1 amide bonds. The van der Waals surface area contributed by atoms with E-state index in [0.29, 0.717) is 12.2 Å². The molecule has 1 unspecified atom stereocenters. The number of nitrogens with two attached hydrogens (primary N) is 1. The van der Waals surface area contributed by atoms with Gasteiger partial charge in [-0.25, -0.2) is 4.98 Å². The molecule has 0 saturated carbocycles. The van der Waals surface area contributed by atoms with E-state index in [1.807, 2.05) is 0 Å². The number of imidazole rings is 1. The van der Waals surface area contributed by atoms with E-state index in [-0.39, 0.29) is 6.42 Å². The average molecular weight is 183 g/mol. The van der Waals surface area contributed by atoms with Gasteiger partial charge in [0, 0.05) is 25.9 Å². The molecule has 0 aliphatic rings. The number of aromatic nitrogens is 2. The molecular formula is C8H13N3O2. The van der Waals surface area contributed by atoms with Crippen LogP contribution in [0.15, 0.2) is 12.4 Å². The lowest BCUT2D eigenvalue weighted by molar-refractivity contribution is -0.118. The lowest BCUT2D eigenvalue weighted by Crippen LogP contribution is -2.13. The molecule has 1 atom stereocenters. The number of carbonyl (C=O) groups is 1. The predicted molar refractivity (Wildman–Crippen MR) is 46.6 cm³/mol. The first kappa shape index (κ1) is 9.73. The van der Waals surface area contributed by atoms with E-state index in [1.165, 1.54) is 0 Å². The molecule has 0 aliphatic carbocycles. The van der Waals surface area contributed by atoms with Crippen LogP contribution < -0.4 is 5.73 Å². The fourth-order valence-electron chi connectivity index (χ4n) is 1.11. The van der Waals surface area contributed by atoms with Crippen molar-refractivity contribution in [2.24, 2.45) is 12.8 Å². The van der Waals surface area contributed by atoms with Crippen LogP contribution >= 0.6 is 0 Å². The Morgan fingerprint density at radius 3 is 3.00 bits per heavy atom. The highest BCUT2D eigenvalue weighted by molar-refractivity contribution is 5.73. The Bertz CT molecular complexity index is 295. The van der Waals surface area contributed by atoms with E-state index in [2.05, 4.69) is 4.98 Å². The van der Waals surface area contributed by atoms with Crippen LogP contribution in [0.2, 0.25) is 0 Å². The molecule has 5 nitrogen and oxygen atoms in total. The van der Waals surface area contributed by atoms with Gasteiger partial charge in [-0.1, -0.05) is 0 Å². The van der Waals surface area contributed by atoms with Gasteiger partial charge < -0.3 is 15.4 Å². The Morgan fingerprint density at radius 2 is 2.54 bits per heavy atom. The van der Waals surface area contributed by atoms with E-state index in [1.54, 1.807) is 24.0 Å². The molecule has 0 bridgehead atoms. The summed E-state index contributed by atoms with van der Waals surface area (Å²) in [5, 5.41) is 9.55. The lowest BCUT2D eigenvalue weighted by Gasteiger charge is -2.08. The molecule has 0 aromatic carbocycles. The van der Waals surface area contributed by atoms with Crippen molar-refractivity contribution >= 4 is 5.91 Å². The van der Waals surface area contributed by atoms with Crippen LogP contribution in [0.5, 0.6) is 0 Å². The summed E-state index contributed by atoms with van der Waals surface area (Å²) in [5.41, 5.74) is 4.95. The Hall–Kier alpha value is -1.36. The molecule has 0 fully saturated rings. The monoisotopic (exact) mass is 183 g/mol. The largest absolute Gasteiger partial charge is 0.385 e. The molecular weight excluding hydrogens is 170 g/mol. The number of rotatable bonds is 4. The van der Waals surface area contributed by atoms with Gasteiger partial charge >= 0.3 is 0 Å². The quantitative estimate of drug-likeness (QED) is 0.673. The van der Waals surface area contributed by atoms with Crippen molar-refractivity contribution in [2.75, 3.05) is 0 Å². The highest BCUT2D eigenvalue weighted by Gasteiger charge is 2.12. The third kappa shape index (κ3) is 2.55. The molecule has 0 spiro atoms. The third-order valence-corrected chi connectivity index (χ3v) is 1.82. The van der Waals surface area contributed by atoms with Gasteiger partial charge in [-0.2, -0.15) is 0 Å². The highest BCUT2D eigenvalue weighted by atomic mass is 16.3. The van der Waals surface area contributed by atoms with E-state index in [9.17, 15) is 9.90 Å². The maximum Gasteiger partial charge on any atom is 0.217 e. The summed E-state index contributed by atoms with van der Waals surface area (Å²) in [7, 11) is 1.79. The van der Waals surface area contributed by atoms with Gasteiger partial charge in [0.15, 0.2) is 0 Å². The number of hydrogen-bond acceptors (Lipinski definition) is 3. The molecule has 13 heavy (non-hydrogen) atoms. The standard InChI is InChI=1S/C8H13N3O2/c1-11-5-4-10-8(11)6(12)2-3-7(9)13/h4-6,12H,2-3H2,1H3,(H2,9,13). The van der Waals surface area contributed by atoms with E-state index >= 15 is 0 Å². The normalized spacial score (nSPS) is 12.8. The second-order valence-corrected chi connectivity index (χ2v) is 2.92. The van der Waals surface area contributed by atoms with Gasteiger partial charge in [-0.15, -0.1) is 0 Å². The fourth-order valence-corrected chi connectivity index (χ4v) is 1.11. The topological polar surface area (TPSA) is 81.1 Å². The summed E-state index contributed by atoms with van der Waals surface area (Å²) in [6.45, 7) is 0. The number of aliphatic hydroxyl groups is 1.